The van der Waals surface area contributed by atoms with Gasteiger partial charge in [-0.05, 0) is 59.7 Å². The molecule has 0 aromatic heterocycles. The van der Waals surface area contributed by atoms with Gasteiger partial charge >= 0.3 is 12.1 Å². The first-order chi connectivity index (χ1) is 12.3. The molecule has 1 unspecified atom stereocenters. The SMILES string of the molecule is CC(C)(C)OC(=O)C1CN(O[Si](C)(C)C(C)(C)C)CCN1C(=O)OC(C)(C)C. The summed E-state index contributed by atoms with van der Waals surface area (Å²) in [4.78, 5) is 27.0. The van der Waals surface area contributed by atoms with Crippen LogP contribution < -0.4 is 0 Å². The van der Waals surface area contributed by atoms with Crippen LogP contribution in [0.25, 0.3) is 0 Å². The van der Waals surface area contributed by atoms with Crippen LogP contribution in [0.4, 0.5) is 4.79 Å². The van der Waals surface area contributed by atoms with Gasteiger partial charge in [-0.3, -0.25) is 4.90 Å². The zero-order chi connectivity index (χ0) is 22.1. The van der Waals surface area contributed by atoms with E-state index in [1.807, 2.05) is 46.6 Å². The highest BCUT2D eigenvalue weighted by molar-refractivity contribution is 6.74. The van der Waals surface area contributed by atoms with Gasteiger partial charge in [-0.25, -0.2) is 9.59 Å². The summed E-state index contributed by atoms with van der Waals surface area (Å²) in [7, 11) is -2.05. The van der Waals surface area contributed by atoms with E-state index in [0.717, 1.165) is 0 Å². The minimum Gasteiger partial charge on any atom is -0.458 e. The van der Waals surface area contributed by atoms with E-state index in [2.05, 4.69) is 33.9 Å². The summed E-state index contributed by atoms with van der Waals surface area (Å²) in [5.74, 6) is -0.443. The third-order valence-electron chi connectivity index (χ3n) is 4.81. The van der Waals surface area contributed by atoms with Crippen LogP contribution in [0.1, 0.15) is 62.3 Å². The molecule has 0 aromatic rings. The lowest BCUT2D eigenvalue weighted by atomic mass is 10.1. The first kappa shape index (κ1) is 24.9. The van der Waals surface area contributed by atoms with Crippen LogP contribution in [0.2, 0.25) is 18.1 Å². The third-order valence-corrected chi connectivity index (χ3v) is 9.14. The van der Waals surface area contributed by atoms with Crippen molar-refractivity contribution >= 4 is 20.4 Å². The van der Waals surface area contributed by atoms with E-state index in [9.17, 15) is 9.59 Å². The van der Waals surface area contributed by atoms with E-state index in [4.69, 9.17) is 14.0 Å². The van der Waals surface area contributed by atoms with Crippen LogP contribution >= 0.6 is 0 Å². The molecule has 0 spiro atoms. The van der Waals surface area contributed by atoms with Gasteiger partial charge in [0.25, 0.3) is 0 Å². The third kappa shape index (κ3) is 7.37. The lowest BCUT2D eigenvalue weighted by Gasteiger charge is -2.45. The zero-order valence-electron chi connectivity index (χ0n) is 19.6. The van der Waals surface area contributed by atoms with Crippen molar-refractivity contribution in [2.24, 2.45) is 0 Å². The Morgan fingerprint density at radius 2 is 1.36 bits per heavy atom. The minimum absolute atomic E-state index is 0.0384. The van der Waals surface area contributed by atoms with Crippen LogP contribution in [0, 0.1) is 0 Å². The zero-order valence-corrected chi connectivity index (χ0v) is 20.6. The van der Waals surface area contributed by atoms with E-state index in [-0.39, 0.29) is 11.6 Å². The van der Waals surface area contributed by atoms with Gasteiger partial charge in [0.05, 0.1) is 6.54 Å². The summed E-state index contributed by atoms with van der Waals surface area (Å²) >= 11 is 0. The van der Waals surface area contributed by atoms with Crippen LogP contribution in [-0.2, 0) is 18.8 Å². The second-order valence-electron chi connectivity index (χ2n) is 11.0. The van der Waals surface area contributed by atoms with Crippen molar-refractivity contribution in [3.8, 4) is 0 Å². The maximum Gasteiger partial charge on any atom is 0.411 e. The van der Waals surface area contributed by atoms with E-state index >= 15 is 0 Å². The first-order valence-corrected chi connectivity index (χ1v) is 12.9. The van der Waals surface area contributed by atoms with Gasteiger partial charge in [-0.1, -0.05) is 20.8 Å². The number of amides is 1. The number of carbonyl (C=O) groups excluding carboxylic acids is 2. The molecular weight excluding hydrogens is 376 g/mol. The highest BCUT2D eigenvalue weighted by Gasteiger charge is 2.44. The molecular formula is C20H40N2O5Si. The number of carbonyl (C=O) groups is 2. The molecule has 164 valence electrons. The largest absolute Gasteiger partial charge is 0.458 e. The number of hydrogen-bond donors (Lipinski definition) is 0. The molecule has 28 heavy (non-hydrogen) atoms. The van der Waals surface area contributed by atoms with Gasteiger partial charge in [0, 0.05) is 13.1 Å². The Kier molecular flexibility index (Phi) is 7.40. The quantitative estimate of drug-likeness (QED) is 0.508. The molecule has 0 aromatic carbocycles. The smallest absolute Gasteiger partial charge is 0.411 e. The molecule has 1 aliphatic rings. The van der Waals surface area contributed by atoms with Crippen molar-refractivity contribution in [2.75, 3.05) is 19.6 Å². The van der Waals surface area contributed by atoms with Gasteiger partial charge in [-0.15, -0.1) is 0 Å². The first-order valence-electron chi connectivity index (χ1n) is 9.99. The van der Waals surface area contributed by atoms with Crippen LogP contribution in [0.15, 0.2) is 0 Å². The molecule has 7 nitrogen and oxygen atoms in total. The standard InChI is InChI=1S/C20H40N2O5Si/c1-18(2,3)25-16(23)15-14-21(27-28(10,11)20(7,8)9)12-13-22(15)17(24)26-19(4,5)6/h15H,12-14H2,1-11H3. The highest BCUT2D eigenvalue weighted by atomic mass is 28.4. The fraction of sp³-hybridized carbons (Fsp3) is 0.900. The second kappa shape index (κ2) is 8.32. The van der Waals surface area contributed by atoms with Gasteiger partial charge < -0.3 is 14.0 Å². The summed E-state index contributed by atoms with van der Waals surface area (Å²) in [5, 5.41) is 1.86. The molecule has 1 saturated heterocycles. The lowest BCUT2D eigenvalue weighted by Crippen LogP contribution is -2.61. The molecule has 8 heteroatoms. The number of esters is 1. The molecule has 1 amide bonds. The van der Waals surface area contributed by atoms with Crippen LogP contribution in [-0.4, -0.2) is 67.2 Å². The minimum atomic E-state index is -2.05. The van der Waals surface area contributed by atoms with Crippen molar-refractivity contribution < 1.29 is 23.6 Å². The normalized spacial score (nSPS) is 20.1. The van der Waals surface area contributed by atoms with Crippen molar-refractivity contribution in [1.82, 2.24) is 9.96 Å². The summed E-state index contributed by atoms with van der Waals surface area (Å²) in [6.07, 6.45) is -0.504. The van der Waals surface area contributed by atoms with Gasteiger partial charge in [0.15, 0.2) is 0 Å². The van der Waals surface area contributed by atoms with E-state index in [1.54, 1.807) is 0 Å². The average molecular weight is 417 g/mol. The number of ether oxygens (including phenoxy) is 2. The average Bonchev–Trinajstić information content (AvgIpc) is 2.41. The molecule has 0 saturated carbocycles. The summed E-state index contributed by atoms with van der Waals surface area (Å²) in [6, 6.07) is -0.771. The molecule has 0 aliphatic carbocycles. The monoisotopic (exact) mass is 416 g/mol. The van der Waals surface area contributed by atoms with Crippen molar-refractivity contribution in [1.29, 1.82) is 0 Å². The Hall–Kier alpha value is -1.12. The Morgan fingerprint density at radius 3 is 1.79 bits per heavy atom. The van der Waals surface area contributed by atoms with Crippen molar-refractivity contribution in [3.63, 3.8) is 0 Å². The number of piperazine rings is 1. The second-order valence-corrected chi connectivity index (χ2v) is 15.7. The number of hydroxylamine groups is 2. The molecule has 1 heterocycles. The van der Waals surface area contributed by atoms with E-state index in [1.165, 1.54) is 4.90 Å². The molecule has 0 bridgehead atoms. The molecule has 1 atom stereocenters. The van der Waals surface area contributed by atoms with Crippen molar-refractivity contribution in [2.45, 2.75) is 97.7 Å². The van der Waals surface area contributed by atoms with Crippen molar-refractivity contribution in [3.05, 3.63) is 0 Å². The Labute approximate surface area is 171 Å². The molecule has 1 fully saturated rings. The fourth-order valence-corrected chi connectivity index (χ4v) is 3.50. The van der Waals surface area contributed by atoms with Gasteiger partial charge in [0.2, 0.25) is 8.32 Å². The maximum absolute atomic E-state index is 12.9. The Balaban J connectivity index is 3.03. The molecule has 0 N–H and O–H groups in total. The number of nitrogens with zero attached hydrogens (tertiary/aromatic N) is 2. The molecule has 1 rings (SSSR count). The number of hydrogen-bond acceptors (Lipinski definition) is 6. The van der Waals surface area contributed by atoms with Gasteiger partial charge in [0.1, 0.15) is 17.2 Å². The van der Waals surface area contributed by atoms with Crippen LogP contribution in [0.3, 0.4) is 0 Å². The highest BCUT2D eigenvalue weighted by Crippen LogP contribution is 2.37. The topological polar surface area (TPSA) is 68.3 Å². The predicted molar refractivity (Wildman–Crippen MR) is 112 cm³/mol. The summed E-state index contributed by atoms with van der Waals surface area (Å²) in [6.45, 7) is 22.8. The van der Waals surface area contributed by atoms with E-state index < -0.39 is 37.6 Å². The Morgan fingerprint density at radius 1 is 0.857 bits per heavy atom. The predicted octanol–water partition coefficient (Wildman–Crippen LogP) is 4.19. The van der Waals surface area contributed by atoms with E-state index in [0.29, 0.717) is 13.1 Å². The van der Waals surface area contributed by atoms with Gasteiger partial charge in [-0.2, -0.15) is 5.06 Å². The fourth-order valence-electron chi connectivity index (χ4n) is 2.41. The summed E-state index contributed by atoms with van der Waals surface area (Å²) < 4.78 is 17.4. The number of rotatable bonds is 3. The molecule has 0 radical (unpaired) electrons. The van der Waals surface area contributed by atoms with Crippen LogP contribution in [0.5, 0.6) is 0 Å². The summed E-state index contributed by atoms with van der Waals surface area (Å²) in [5.41, 5.74) is -1.27. The molecule has 1 aliphatic heterocycles. The lowest BCUT2D eigenvalue weighted by molar-refractivity contribution is -0.173. The maximum atomic E-state index is 12.9. The Bertz CT molecular complexity index is 573.